The first kappa shape index (κ1) is 10.2. The Bertz CT molecular complexity index is 382. The van der Waals surface area contributed by atoms with E-state index in [9.17, 15) is 0 Å². The Balaban J connectivity index is 2.45. The molecule has 0 saturated heterocycles. The zero-order valence-electron chi connectivity index (χ0n) is 9.27. The molecule has 15 heavy (non-hydrogen) atoms. The van der Waals surface area contributed by atoms with Crippen LogP contribution in [0.25, 0.3) is 0 Å². The third kappa shape index (κ3) is 1.75. The molecule has 2 rings (SSSR count). The second kappa shape index (κ2) is 4.03. The predicted octanol–water partition coefficient (Wildman–Crippen LogP) is 1.77. The Labute approximate surface area is 90.6 Å². The van der Waals surface area contributed by atoms with Gasteiger partial charge in [0, 0.05) is 11.7 Å². The second-order valence-corrected chi connectivity index (χ2v) is 4.03. The molecular formula is C12H17N3. The largest absolute Gasteiger partial charge is 0.326 e. The molecule has 0 aliphatic carbocycles. The van der Waals surface area contributed by atoms with Gasteiger partial charge in [0.1, 0.15) is 5.84 Å². The van der Waals surface area contributed by atoms with Crippen LogP contribution in [0.5, 0.6) is 0 Å². The number of hydrogen-bond donors (Lipinski definition) is 1. The fourth-order valence-corrected chi connectivity index (χ4v) is 2.01. The molecule has 3 heteroatoms. The van der Waals surface area contributed by atoms with Crippen LogP contribution in [0.4, 0.5) is 5.69 Å². The van der Waals surface area contributed by atoms with E-state index in [1.165, 1.54) is 11.3 Å². The van der Waals surface area contributed by atoms with Gasteiger partial charge in [-0.25, -0.2) is 0 Å². The highest BCUT2D eigenvalue weighted by Gasteiger charge is 2.21. The standard InChI is InChI=1S/C12H17N3/c1-9(2)15-11-6-4-3-5-10(11)8-14-12(15)7-13/h3-6,9H,7-8,13H2,1-2H3. The van der Waals surface area contributed by atoms with E-state index in [2.05, 4.69) is 48.0 Å². The first-order valence-electron chi connectivity index (χ1n) is 5.34. The van der Waals surface area contributed by atoms with Crippen molar-refractivity contribution in [3.8, 4) is 0 Å². The van der Waals surface area contributed by atoms with Crippen LogP contribution in [0.3, 0.4) is 0 Å². The highest BCUT2D eigenvalue weighted by atomic mass is 15.2. The second-order valence-electron chi connectivity index (χ2n) is 4.03. The Morgan fingerprint density at radius 2 is 2.13 bits per heavy atom. The van der Waals surface area contributed by atoms with Crippen molar-refractivity contribution in [1.29, 1.82) is 0 Å². The Kier molecular flexibility index (Phi) is 2.73. The fourth-order valence-electron chi connectivity index (χ4n) is 2.01. The lowest BCUT2D eigenvalue weighted by Crippen LogP contribution is -2.43. The van der Waals surface area contributed by atoms with Crippen LogP contribution in [0, 0.1) is 0 Å². The van der Waals surface area contributed by atoms with Crippen LogP contribution < -0.4 is 10.6 Å². The van der Waals surface area contributed by atoms with E-state index in [4.69, 9.17) is 5.73 Å². The van der Waals surface area contributed by atoms with Crippen LogP contribution in [-0.4, -0.2) is 18.4 Å². The lowest BCUT2D eigenvalue weighted by molar-refractivity contribution is 0.775. The molecule has 0 amide bonds. The van der Waals surface area contributed by atoms with Gasteiger partial charge in [-0.15, -0.1) is 0 Å². The number of hydrogen-bond acceptors (Lipinski definition) is 3. The summed E-state index contributed by atoms with van der Waals surface area (Å²) in [6, 6.07) is 8.78. The van der Waals surface area contributed by atoms with Crippen molar-refractivity contribution >= 4 is 11.5 Å². The van der Waals surface area contributed by atoms with Gasteiger partial charge in [0.05, 0.1) is 13.1 Å². The topological polar surface area (TPSA) is 41.6 Å². The number of nitrogens with two attached hydrogens (primary N) is 1. The summed E-state index contributed by atoms with van der Waals surface area (Å²) in [4.78, 5) is 6.73. The molecule has 0 fully saturated rings. The number of benzene rings is 1. The van der Waals surface area contributed by atoms with Gasteiger partial charge in [-0.1, -0.05) is 18.2 Å². The van der Waals surface area contributed by atoms with Crippen molar-refractivity contribution in [3.05, 3.63) is 29.8 Å². The zero-order valence-corrected chi connectivity index (χ0v) is 9.27. The molecule has 0 saturated carbocycles. The average Bonchev–Trinajstić information content (AvgIpc) is 2.27. The fraction of sp³-hybridized carbons (Fsp3) is 0.417. The van der Waals surface area contributed by atoms with Crippen molar-refractivity contribution < 1.29 is 0 Å². The quantitative estimate of drug-likeness (QED) is 0.796. The van der Waals surface area contributed by atoms with E-state index in [0.29, 0.717) is 12.6 Å². The molecular weight excluding hydrogens is 186 g/mol. The summed E-state index contributed by atoms with van der Waals surface area (Å²) in [5.41, 5.74) is 8.25. The van der Waals surface area contributed by atoms with Gasteiger partial charge in [-0.05, 0) is 25.5 Å². The molecule has 0 radical (unpaired) electrons. The van der Waals surface area contributed by atoms with E-state index in [-0.39, 0.29) is 0 Å². The lowest BCUT2D eigenvalue weighted by atomic mass is 10.1. The van der Waals surface area contributed by atoms with E-state index < -0.39 is 0 Å². The summed E-state index contributed by atoms with van der Waals surface area (Å²) in [5, 5.41) is 0. The molecule has 1 heterocycles. The van der Waals surface area contributed by atoms with Gasteiger partial charge in [0.2, 0.25) is 0 Å². The van der Waals surface area contributed by atoms with Crippen LogP contribution in [0.2, 0.25) is 0 Å². The van der Waals surface area contributed by atoms with Crippen molar-refractivity contribution in [3.63, 3.8) is 0 Å². The van der Waals surface area contributed by atoms with Gasteiger partial charge >= 0.3 is 0 Å². The van der Waals surface area contributed by atoms with Crippen molar-refractivity contribution in [2.75, 3.05) is 11.4 Å². The molecule has 0 bridgehead atoms. The number of nitrogens with zero attached hydrogens (tertiary/aromatic N) is 2. The molecule has 0 atom stereocenters. The maximum atomic E-state index is 5.72. The third-order valence-electron chi connectivity index (χ3n) is 2.66. The molecule has 1 aliphatic heterocycles. The van der Waals surface area contributed by atoms with Crippen molar-refractivity contribution in [2.24, 2.45) is 10.7 Å². The average molecular weight is 203 g/mol. The molecule has 3 nitrogen and oxygen atoms in total. The van der Waals surface area contributed by atoms with E-state index >= 15 is 0 Å². The summed E-state index contributed by atoms with van der Waals surface area (Å²) in [6.07, 6.45) is 0. The number of para-hydroxylation sites is 1. The molecule has 2 N–H and O–H groups in total. The highest BCUT2D eigenvalue weighted by Crippen LogP contribution is 2.27. The molecule has 1 aliphatic rings. The highest BCUT2D eigenvalue weighted by molar-refractivity contribution is 6.01. The third-order valence-corrected chi connectivity index (χ3v) is 2.66. The SMILES string of the molecule is CC(C)N1C(CN)=NCc2ccccc21. The maximum absolute atomic E-state index is 5.72. The molecule has 0 unspecified atom stereocenters. The van der Waals surface area contributed by atoms with Gasteiger partial charge in [0.25, 0.3) is 0 Å². The van der Waals surface area contributed by atoms with Crippen molar-refractivity contribution in [1.82, 2.24) is 0 Å². The van der Waals surface area contributed by atoms with Crippen LogP contribution in [0.1, 0.15) is 19.4 Å². The Morgan fingerprint density at radius 3 is 2.80 bits per heavy atom. The minimum atomic E-state index is 0.397. The van der Waals surface area contributed by atoms with Crippen LogP contribution in [-0.2, 0) is 6.54 Å². The number of rotatable bonds is 2. The first-order chi connectivity index (χ1) is 7.24. The minimum Gasteiger partial charge on any atom is -0.326 e. The van der Waals surface area contributed by atoms with E-state index in [0.717, 1.165) is 12.4 Å². The lowest BCUT2D eigenvalue weighted by Gasteiger charge is -2.34. The Hall–Kier alpha value is -1.35. The van der Waals surface area contributed by atoms with Gasteiger partial charge in [0.15, 0.2) is 0 Å². The Morgan fingerprint density at radius 1 is 1.40 bits per heavy atom. The summed E-state index contributed by atoms with van der Waals surface area (Å²) < 4.78 is 0. The van der Waals surface area contributed by atoms with Crippen LogP contribution >= 0.6 is 0 Å². The first-order valence-corrected chi connectivity index (χ1v) is 5.34. The van der Waals surface area contributed by atoms with Gasteiger partial charge in [-0.3, -0.25) is 4.99 Å². The molecule has 1 aromatic carbocycles. The van der Waals surface area contributed by atoms with E-state index in [1.807, 2.05) is 0 Å². The monoisotopic (exact) mass is 203 g/mol. The van der Waals surface area contributed by atoms with Gasteiger partial charge in [-0.2, -0.15) is 0 Å². The molecule has 0 spiro atoms. The van der Waals surface area contributed by atoms with Gasteiger partial charge < -0.3 is 10.6 Å². The molecule has 1 aromatic rings. The summed E-state index contributed by atoms with van der Waals surface area (Å²) in [7, 11) is 0. The maximum Gasteiger partial charge on any atom is 0.118 e. The molecule has 80 valence electrons. The summed E-state index contributed by atoms with van der Waals surface area (Å²) in [6.45, 7) is 5.58. The van der Waals surface area contributed by atoms with E-state index in [1.54, 1.807) is 0 Å². The summed E-state index contributed by atoms with van der Waals surface area (Å²) in [5.74, 6) is 0.990. The molecule has 0 aromatic heterocycles. The summed E-state index contributed by atoms with van der Waals surface area (Å²) >= 11 is 0. The zero-order chi connectivity index (χ0) is 10.8. The van der Waals surface area contributed by atoms with Crippen LogP contribution in [0.15, 0.2) is 29.3 Å². The minimum absolute atomic E-state index is 0.397. The predicted molar refractivity (Wildman–Crippen MR) is 64.3 cm³/mol. The number of fused-ring (bicyclic) bond motifs is 1. The normalized spacial score (nSPS) is 15.2. The number of aliphatic imine (C=N–C) groups is 1. The smallest absolute Gasteiger partial charge is 0.118 e. The van der Waals surface area contributed by atoms with Crippen molar-refractivity contribution in [2.45, 2.75) is 26.4 Å². The number of amidine groups is 1. The number of anilines is 1.